The Kier molecular flexibility index (Phi) is 17.0. The largest absolute Gasteiger partial charge is 0.467 e. The number of ether oxygens (including phenoxy) is 3. The summed E-state index contributed by atoms with van der Waals surface area (Å²) in [6.45, 7) is 23.8. The van der Waals surface area contributed by atoms with E-state index in [1.54, 1.807) is 6.20 Å². The average molecular weight is 801 g/mol. The van der Waals surface area contributed by atoms with Crippen molar-refractivity contribution in [2.45, 2.75) is 174 Å². The van der Waals surface area contributed by atoms with Gasteiger partial charge in [-0.25, -0.2) is 14.4 Å². The number of carbonyl (C=O) groups is 4. The van der Waals surface area contributed by atoms with E-state index in [0.717, 1.165) is 62.4 Å². The number of methoxy groups -OCH3 is 1. The molecule has 1 heterocycles. The Morgan fingerprint density at radius 1 is 0.875 bits per heavy atom. The SMILES string of the molecule is COC(=O)[C@H](Cc1cn(C(=O)OC(C)(C)C)c2ccccc12)NC(=O)CC[C@H]1CCC[C@@H](NCCCCCCNC(=O)OC(C)(C)C)C1O[Si](C)(C)C(C)(C)C. The maximum Gasteiger partial charge on any atom is 0.419 e. The zero-order chi connectivity index (χ0) is 41.9. The fourth-order valence-corrected chi connectivity index (χ4v) is 8.28. The van der Waals surface area contributed by atoms with Gasteiger partial charge in [0.2, 0.25) is 5.91 Å². The van der Waals surface area contributed by atoms with Crippen LogP contribution in [-0.4, -0.2) is 86.5 Å². The van der Waals surface area contributed by atoms with Crippen molar-refractivity contribution in [3.8, 4) is 0 Å². The first-order chi connectivity index (χ1) is 26.0. The molecule has 56 heavy (non-hydrogen) atoms. The second-order valence-corrected chi connectivity index (χ2v) is 23.6. The van der Waals surface area contributed by atoms with Crippen molar-refractivity contribution in [2.24, 2.45) is 5.92 Å². The van der Waals surface area contributed by atoms with Crippen LogP contribution in [0.5, 0.6) is 0 Å². The molecule has 316 valence electrons. The van der Waals surface area contributed by atoms with E-state index in [-0.39, 0.29) is 47.9 Å². The van der Waals surface area contributed by atoms with E-state index >= 15 is 0 Å². The molecule has 0 radical (unpaired) electrons. The number of hydrogen-bond acceptors (Lipinski definition) is 9. The van der Waals surface area contributed by atoms with E-state index in [9.17, 15) is 19.2 Å². The van der Waals surface area contributed by atoms with Crippen molar-refractivity contribution in [1.82, 2.24) is 20.5 Å². The first kappa shape index (κ1) is 47.0. The molecule has 0 saturated heterocycles. The number of unbranched alkanes of at least 4 members (excludes halogenated alkanes) is 3. The van der Waals surface area contributed by atoms with Gasteiger partial charge in [0.15, 0.2) is 8.32 Å². The minimum absolute atomic E-state index is 0.0224. The van der Waals surface area contributed by atoms with Crippen LogP contribution in [0, 0.1) is 5.92 Å². The molecule has 1 aromatic carbocycles. The Hall–Kier alpha value is -3.42. The highest BCUT2D eigenvalue weighted by atomic mass is 28.4. The molecule has 0 bridgehead atoms. The highest BCUT2D eigenvalue weighted by molar-refractivity contribution is 6.74. The predicted molar refractivity (Wildman–Crippen MR) is 224 cm³/mol. The molecular formula is C43H72N4O8Si. The molecular weight excluding hydrogens is 729 g/mol. The lowest BCUT2D eigenvalue weighted by Crippen LogP contribution is -2.55. The quantitative estimate of drug-likeness (QED) is 0.0620. The van der Waals surface area contributed by atoms with Crippen LogP contribution < -0.4 is 16.0 Å². The van der Waals surface area contributed by atoms with Crippen molar-refractivity contribution in [2.75, 3.05) is 20.2 Å². The van der Waals surface area contributed by atoms with E-state index in [2.05, 4.69) is 49.8 Å². The lowest BCUT2D eigenvalue weighted by Gasteiger charge is -2.46. The third kappa shape index (κ3) is 14.8. The van der Waals surface area contributed by atoms with Gasteiger partial charge in [-0.1, -0.05) is 58.2 Å². The van der Waals surface area contributed by atoms with Gasteiger partial charge in [0.1, 0.15) is 17.2 Å². The van der Waals surface area contributed by atoms with Crippen molar-refractivity contribution in [3.63, 3.8) is 0 Å². The molecule has 2 amide bonds. The van der Waals surface area contributed by atoms with Crippen LogP contribution in [-0.2, 0) is 34.6 Å². The number of benzene rings is 1. The van der Waals surface area contributed by atoms with Crippen molar-refractivity contribution >= 4 is 43.3 Å². The van der Waals surface area contributed by atoms with Crippen LogP contribution in [0.15, 0.2) is 30.5 Å². The van der Waals surface area contributed by atoms with Gasteiger partial charge in [-0.3, -0.25) is 9.36 Å². The lowest BCUT2D eigenvalue weighted by atomic mass is 9.80. The van der Waals surface area contributed by atoms with E-state index in [4.69, 9.17) is 18.6 Å². The van der Waals surface area contributed by atoms with E-state index in [1.807, 2.05) is 65.8 Å². The Balaban J connectivity index is 1.64. The fourth-order valence-electron chi connectivity index (χ4n) is 6.89. The van der Waals surface area contributed by atoms with Gasteiger partial charge in [-0.2, -0.15) is 0 Å². The molecule has 1 unspecified atom stereocenters. The first-order valence-corrected chi connectivity index (χ1v) is 23.5. The molecule has 1 aliphatic rings. The van der Waals surface area contributed by atoms with Crippen LogP contribution >= 0.6 is 0 Å². The summed E-state index contributed by atoms with van der Waals surface area (Å²) in [4.78, 5) is 51.7. The Morgan fingerprint density at radius 3 is 2.14 bits per heavy atom. The molecule has 1 saturated carbocycles. The standard InChI is InChI=1S/C43H72N4O8Si/c1-41(2,3)53-39(50)45-27-18-14-13-17-26-44-33-22-19-20-30(37(33)55-56(11,12)43(7,8)9)24-25-36(48)46-34(38(49)52-10)28-31-29-47(40(51)54-42(4,5)6)35-23-16-15-21-32(31)35/h15-16,21,23,29-30,33-34,37,44H,13-14,17-20,22,24-28H2,1-12H3,(H,45,50)(H,46,48)/t30-,33-,34+,37?/m1/s1. The highest BCUT2D eigenvalue weighted by Crippen LogP contribution is 2.41. The maximum absolute atomic E-state index is 13.6. The van der Waals surface area contributed by atoms with E-state index in [1.165, 1.54) is 11.7 Å². The number of hydrogen-bond donors (Lipinski definition) is 3. The number of fused-ring (bicyclic) bond motifs is 1. The highest BCUT2D eigenvalue weighted by Gasteiger charge is 2.44. The minimum atomic E-state index is -2.14. The Morgan fingerprint density at radius 2 is 1.52 bits per heavy atom. The summed E-state index contributed by atoms with van der Waals surface area (Å²) < 4.78 is 24.7. The lowest BCUT2D eigenvalue weighted by molar-refractivity contribution is -0.145. The zero-order valence-corrected chi connectivity index (χ0v) is 37.4. The van der Waals surface area contributed by atoms with Gasteiger partial charge < -0.3 is 34.6 Å². The molecule has 0 spiro atoms. The minimum Gasteiger partial charge on any atom is -0.467 e. The number of para-hydroxylation sites is 1. The summed E-state index contributed by atoms with van der Waals surface area (Å²) in [5.41, 5.74) is 0.201. The Bertz CT molecular complexity index is 1600. The van der Waals surface area contributed by atoms with Crippen LogP contribution in [0.1, 0.15) is 126 Å². The molecule has 1 aromatic heterocycles. The molecule has 0 aliphatic heterocycles. The predicted octanol–water partition coefficient (Wildman–Crippen LogP) is 8.64. The first-order valence-electron chi connectivity index (χ1n) is 20.6. The zero-order valence-electron chi connectivity index (χ0n) is 36.4. The second-order valence-electron chi connectivity index (χ2n) is 18.8. The summed E-state index contributed by atoms with van der Waals surface area (Å²) in [7, 11) is -0.826. The normalized spacial score (nSPS) is 18.6. The molecule has 1 fully saturated rings. The number of nitrogens with one attached hydrogen (secondary N) is 3. The number of aromatic nitrogens is 1. The number of nitrogens with zero attached hydrogens (tertiary/aromatic N) is 1. The summed E-state index contributed by atoms with van der Waals surface area (Å²) in [6.07, 6.45) is 8.84. The van der Waals surface area contributed by atoms with Crippen LogP contribution in [0.2, 0.25) is 18.1 Å². The van der Waals surface area contributed by atoms with Crippen molar-refractivity contribution in [3.05, 3.63) is 36.0 Å². The fraction of sp³-hybridized carbons (Fsp3) is 0.721. The van der Waals surface area contributed by atoms with Gasteiger partial charge in [0, 0.05) is 37.0 Å². The topological polar surface area (TPSA) is 146 Å². The Labute approximate surface area is 337 Å². The maximum atomic E-state index is 13.6. The molecule has 3 rings (SSSR count). The van der Waals surface area contributed by atoms with Gasteiger partial charge in [0.05, 0.1) is 18.7 Å². The van der Waals surface area contributed by atoms with E-state index < -0.39 is 37.6 Å². The third-order valence-electron chi connectivity index (χ3n) is 10.7. The summed E-state index contributed by atoms with van der Waals surface area (Å²) in [6, 6.07) is 6.70. The molecule has 2 aromatic rings. The van der Waals surface area contributed by atoms with Gasteiger partial charge >= 0.3 is 18.2 Å². The number of amides is 2. The number of carbonyl (C=O) groups excluding carboxylic acids is 4. The summed E-state index contributed by atoms with van der Waals surface area (Å²) >= 11 is 0. The van der Waals surface area contributed by atoms with Crippen molar-refractivity contribution in [1.29, 1.82) is 0 Å². The monoisotopic (exact) mass is 801 g/mol. The van der Waals surface area contributed by atoms with Gasteiger partial charge in [-0.05, 0) is 116 Å². The van der Waals surface area contributed by atoms with Gasteiger partial charge in [0.25, 0.3) is 0 Å². The second kappa shape index (κ2) is 20.3. The third-order valence-corrected chi connectivity index (χ3v) is 15.2. The molecule has 3 N–H and O–H groups in total. The smallest absolute Gasteiger partial charge is 0.419 e. The van der Waals surface area contributed by atoms with Gasteiger partial charge in [-0.15, -0.1) is 0 Å². The molecule has 4 atom stereocenters. The van der Waals surface area contributed by atoms with E-state index in [0.29, 0.717) is 18.5 Å². The van der Waals surface area contributed by atoms with Crippen LogP contribution in [0.25, 0.3) is 10.9 Å². The summed E-state index contributed by atoms with van der Waals surface area (Å²) in [5.74, 6) is -0.588. The summed E-state index contributed by atoms with van der Waals surface area (Å²) in [5, 5.41) is 10.4. The van der Waals surface area contributed by atoms with Crippen LogP contribution in [0.4, 0.5) is 9.59 Å². The van der Waals surface area contributed by atoms with Crippen molar-refractivity contribution < 1.29 is 37.8 Å². The number of esters is 1. The molecule has 12 nitrogen and oxygen atoms in total. The number of alkyl carbamates (subject to hydrolysis) is 1. The van der Waals surface area contributed by atoms with Crippen LogP contribution in [0.3, 0.4) is 0 Å². The average Bonchev–Trinajstić information content (AvgIpc) is 3.45. The molecule has 13 heteroatoms. The number of rotatable bonds is 17. The molecule has 1 aliphatic carbocycles.